The molecule has 6 unspecified atom stereocenters. The van der Waals surface area contributed by atoms with Crippen molar-refractivity contribution in [1.82, 2.24) is 4.90 Å². The van der Waals surface area contributed by atoms with Crippen molar-refractivity contribution in [3.05, 3.63) is 83.9 Å². The number of aromatic hydroxyl groups is 1. The second-order valence-corrected chi connectivity index (χ2v) is 14.8. The molecule has 258 valence electrons. The number of alkyl halides is 3. The molecule has 4 aliphatic rings. The average molecular weight is 781 g/mol. The zero-order valence-electron chi connectivity index (χ0n) is 27.2. The van der Waals surface area contributed by atoms with Crippen molar-refractivity contribution in [1.29, 1.82) is 0 Å². The van der Waals surface area contributed by atoms with Crippen LogP contribution < -0.4 is 14.5 Å². The summed E-state index contributed by atoms with van der Waals surface area (Å²) in [5.74, 6) is -5.52. The Balaban J connectivity index is 1.22. The predicted octanol–water partition coefficient (Wildman–Crippen LogP) is 6.80. The van der Waals surface area contributed by atoms with Crippen LogP contribution in [0, 0.1) is 17.8 Å². The first kappa shape index (κ1) is 34.2. The number of fused-ring (bicyclic) bond motifs is 4. The third kappa shape index (κ3) is 4.97. The van der Waals surface area contributed by atoms with E-state index >= 15 is 0 Å². The lowest BCUT2D eigenvalue weighted by Crippen LogP contribution is -2.60. The molecule has 11 nitrogen and oxygen atoms in total. The van der Waals surface area contributed by atoms with E-state index in [1.165, 1.54) is 18.1 Å². The molecule has 14 heteroatoms. The Kier molecular flexibility index (Phi) is 8.55. The number of amides is 4. The largest absolute Gasteiger partial charge is 0.508 e. The zero-order chi connectivity index (χ0) is 35.7. The lowest BCUT2D eigenvalue weighted by atomic mass is 9.56. The maximum atomic E-state index is 14.3. The Bertz CT molecular complexity index is 1990. The average Bonchev–Trinajstić information content (AvgIpc) is 3.45. The number of azo groups is 1. The molecule has 0 radical (unpaired) electrons. The lowest BCUT2D eigenvalue weighted by Gasteiger charge is -2.50. The van der Waals surface area contributed by atoms with Crippen molar-refractivity contribution >= 4 is 85.5 Å². The zero-order valence-corrected chi connectivity index (χ0v) is 30.3. The highest BCUT2D eigenvalue weighted by molar-refractivity contribution is 9.09. The molecular weight excluding hydrogens is 749 g/mol. The number of imide groups is 2. The van der Waals surface area contributed by atoms with Gasteiger partial charge in [0, 0.05) is 37.3 Å². The minimum absolute atomic E-state index is 0.145. The summed E-state index contributed by atoms with van der Waals surface area (Å²) >= 11 is 17.7. The van der Waals surface area contributed by atoms with Crippen LogP contribution in [0.5, 0.6) is 11.5 Å². The fourth-order valence-electron chi connectivity index (χ4n) is 7.85. The molecule has 3 aromatic rings. The summed E-state index contributed by atoms with van der Waals surface area (Å²) in [5.41, 5.74) is 3.29. The van der Waals surface area contributed by atoms with Crippen LogP contribution >= 0.6 is 39.1 Å². The van der Waals surface area contributed by atoms with Crippen molar-refractivity contribution in [3.63, 3.8) is 0 Å². The second kappa shape index (κ2) is 12.5. The van der Waals surface area contributed by atoms with Gasteiger partial charge in [0.05, 0.1) is 41.5 Å². The van der Waals surface area contributed by atoms with E-state index in [1.54, 1.807) is 36.4 Å². The highest BCUT2D eigenvalue weighted by Gasteiger charge is 2.76. The van der Waals surface area contributed by atoms with Crippen LogP contribution in [-0.2, 0) is 19.2 Å². The van der Waals surface area contributed by atoms with Gasteiger partial charge in [0.25, 0.3) is 11.8 Å². The van der Waals surface area contributed by atoms with Gasteiger partial charge in [-0.05, 0) is 73.4 Å². The van der Waals surface area contributed by atoms with E-state index in [9.17, 15) is 24.3 Å². The molecule has 50 heavy (non-hydrogen) atoms. The predicted molar refractivity (Wildman–Crippen MR) is 192 cm³/mol. The number of phenols is 1. The Morgan fingerprint density at radius 1 is 0.920 bits per heavy atom. The summed E-state index contributed by atoms with van der Waals surface area (Å²) in [6.07, 6.45) is 1.85. The Morgan fingerprint density at radius 2 is 1.56 bits per heavy atom. The number of rotatable bonds is 7. The third-order valence-electron chi connectivity index (χ3n) is 10.3. The van der Waals surface area contributed by atoms with Crippen molar-refractivity contribution in [2.75, 3.05) is 36.5 Å². The quantitative estimate of drug-likeness (QED) is 0.0918. The summed E-state index contributed by atoms with van der Waals surface area (Å²) in [7, 11) is 5.36. The van der Waals surface area contributed by atoms with Crippen LogP contribution in [0.2, 0.25) is 0 Å². The number of benzene rings is 3. The molecule has 7 rings (SSSR count). The molecule has 4 amide bonds. The van der Waals surface area contributed by atoms with Crippen molar-refractivity contribution in [3.8, 4) is 11.5 Å². The van der Waals surface area contributed by atoms with Crippen LogP contribution in [0.4, 0.5) is 22.7 Å². The summed E-state index contributed by atoms with van der Waals surface area (Å²) in [6.45, 7) is 0. The van der Waals surface area contributed by atoms with Crippen molar-refractivity contribution in [2.45, 2.75) is 28.5 Å². The van der Waals surface area contributed by atoms with Gasteiger partial charge in [-0.1, -0.05) is 33.6 Å². The number of carbonyl (C=O) groups is 4. The number of nitrogens with zero attached hydrogens (tertiary/aromatic N) is 5. The first-order chi connectivity index (χ1) is 23.8. The molecule has 0 spiro atoms. The normalized spacial score (nSPS) is 28.9. The summed E-state index contributed by atoms with van der Waals surface area (Å²) < 4.78 is 5.27. The van der Waals surface area contributed by atoms with Crippen LogP contribution in [0.15, 0.2) is 88.6 Å². The van der Waals surface area contributed by atoms with Crippen molar-refractivity contribution in [2.24, 2.45) is 28.0 Å². The van der Waals surface area contributed by atoms with Gasteiger partial charge in [0.1, 0.15) is 11.5 Å². The van der Waals surface area contributed by atoms with Gasteiger partial charge in [-0.15, -0.1) is 23.2 Å². The van der Waals surface area contributed by atoms with Gasteiger partial charge >= 0.3 is 0 Å². The Labute approximate surface area is 306 Å². The topological polar surface area (TPSA) is 132 Å². The fourth-order valence-corrected chi connectivity index (χ4v) is 9.27. The van der Waals surface area contributed by atoms with Crippen LogP contribution in [0.25, 0.3) is 0 Å². The molecule has 2 aliphatic carbocycles. The van der Waals surface area contributed by atoms with Gasteiger partial charge in [0.15, 0.2) is 9.75 Å². The summed E-state index contributed by atoms with van der Waals surface area (Å²) in [6, 6.07) is 18.8. The number of ether oxygens (including phenoxy) is 1. The Hall–Kier alpha value is -4.26. The monoisotopic (exact) mass is 779 g/mol. The van der Waals surface area contributed by atoms with E-state index in [-0.39, 0.29) is 35.5 Å². The van der Waals surface area contributed by atoms with Crippen molar-refractivity contribution < 1.29 is 29.0 Å². The molecule has 2 aliphatic heterocycles. The van der Waals surface area contributed by atoms with E-state index in [0.29, 0.717) is 28.4 Å². The van der Waals surface area contributed by atoms with E-state index in [2.05, 4.69) is 26.2 Å². The molecule has 0 aromatic heterocycles. The van der Waals surface area contributed by atoms with E-state index in [0.717, 1.165) is 10.6 Å². The standard InChI is InChI=1S/C36H32BrCl2N5O6/c1-42(2)21-8-4-19(5-9-21)40-41-20-6-10-22(11-7-20)44-31(46)26-15-14-24-27(29(26)32(44)47)17-35(38)33(48)43(18-37)34(49)36(35,39)30(24)25-13-12-23(50-3)16-28(25)45/h4-14,16,26-27,29-30,45H,15,17-18H2,1-3H3. The smallest absolute Gasteiger partial charge is 0.254 e. The van der Waals surface area contributed by atoms with Crippen LogP contribution in [0.1, 0.15) is 24.3 Å². The van der Waals surface area contributed by atoms with Gasteiger partial charge in [-0.3, -0.25) is 29.0 Å². The van der Waals surface area contributed by atoms with E-state index in [1.807, 2.05) is 49.3 Å². The molecular formula is C36H32BrCl2N5O6. The van der Waals surface area contributed by atoms with E-state index in [4.69, 9.17) is 27.9 Å². The number of likely N-dealkylation sites (tertiary alicyclic amines) is 1. The number of halogens is 3. The molecule has 2 heterocycles. The van der Waals surface area contributed by atoms with E-state index < -0.39 is 51.1 Å². The van der Waals surface area contributed by atoms with Gasteiger partial charge in [-0.2, -0.15) is 10.2 Å². The molecule has 2 saturated heterocycles. The van der Waals surface area contributed by atoms with Gasteiger partial charge in [-0.25, -0.2) is 0 Å². The third-order valence-corrected chi connectivity index (χ3v) is 12.2. The number of carbonyl (C=O) groups excluding carboxylic acids is 4. The second-order valence-electron chi connectivity index (χ2n) is 13.1. The number of phenolic OH excluding ortho intramolecular Hbond substituents is 1. The summed E-state index contributed by atoms with van der Waals surface area (Å²) in [5, 5.41) is 19.8. The molecule has 3 aromatic carbocycles. The number of methoxy groups -OCH3 is 1. The SMILES string of the molecule is COc1ccc(C2C3=CCC4C(=O)N(c5ccc(N=Nc6ccc(N(C)C)cc6)cc5)C(=O)C4C3CC3(Cl)C(=O)N(CBr)C(=O)C23Cl)c(O)c1. The minimum Gasteiger partial charge on any atom is -0.508 e. The number of hydrogen-bond donors (Lipinski definition) is 1. The van der Waals surface area contributed by atoms with Crippen LogP contribution in [-0.4, -0.2) is 70.0 Å². The maximum Gasteiger partial charge on any atom is 0.254 e. The highest BCUT2D eigenvalue weighted by atomic mass is 79.9. The maximum absolute atomic E-state index is 14.3. The fraction of sp³-hybridized carbons (Fsp3) is 0.333. The first-order valence-corrected chi connectivity index (χ1v) is 17.8. The first-order valence-electron chi connectivity index (χ1n) is 15.9. The highest BCUT2D eigenvalue weighted by Crippen LogP contribution is 2.66. The lowest BCUT2D eigenvalue weighted by molar-refractivity contribution is -0.138. The molecule has 3 fully saturated rings. The number of anilines is 2. The minimum atomic E-state index is -2.02. The van der Waals surface area contributed by atoms with Gasteiger partial charge < -0.3 is 14.7 Å². The number of hydrogen-bond acceptors (Lipinski definition) is 9. The summed E-state index contributed by atoms with van der Waals surface area (Å²) in [4.78, 5) is 56.2. The number of allylic oxidation sites excluding steroid dienone is 2. The molecule has 1 N–H and O–H groups in total. The van der Waals surface area contributed by atoms with Crippen LogP contribution in [0.3, 0.4) is 0 Å². The van der Waals surface area contributed by atoms with Gasteiger partial charge in [0.2, 0.25) is 11.8 Å². The Morgan fingerprint density at radius 3 is 2.14 bits per heavy atom. The molecule has 6 atom stereocenters. The molecule has 1 saturated carbocycles. The molecule has 0 bridgehead atoms.